The van der Waals surface area contributed by atoms with Gasteiger partial charge in [0.25, 0.3) is 0 Å². The third-order valence-electron chi connectivity index (χ3n) is 4.55. The Morgan fingerprint density at radius 3 is 2.28 bits per heavy atom. The summed E-state index contributed by atoms with van der Waals surface area (Å²) in [7, 11) is -3.60. The van der Waals surface area contributed by atoms with E-state index >= 15 is 0 Å². The normalized spacial score (nSPS) is 12.3. The first-order valence-corrected chi connectivity index (χ1v) is 11.6. The number of carbonyl (C=O) groups is 1. The summed E-state index contributed by atoms with van der Waals surface area (Å²) in [6.45, 7) is 6.58. The molecule has 6 nitrogen and oxygen atoms in total. The van der Waals surface area contributed by atoms with Gasteiger partial charge in [0.2, 0.25) is 15.9 Å². The van der Waals surface area contributed by atoms with Crippen LogP contribution in [0.4, 0.5) is 5.69 Å². The van der Waals surface area contributed by atoms with Crippen molar-refractivity contribution in [2.45, 2.75) is 39.7 Å². The van der Waals surface area contributed by atoms with Crippen LogP contribution in [-0.2, 0) is 21.2 Å². The molecule has 2 aromatic carbocycles. The molecule has 1 N–H and O–H groups in total. The molecule has 0 fully saturated rings. The molecule has 2 aromatic rings. The first-order chi connectivity index (χ1) is 13.7. The van der Waals surface area contributed by atoms with E-state index in [0.717, 1.165) is 40.3 Å². The van der Waals surface area contributed by atoms with Crippen molar-refractivity contribution in [3.05, 3.63) is 59.7 Å². The van der Waals surface area contributed by atoms with Crippen molar-refractivity contribution < 1.29 is 17.9 Å². The number of hydrogen-bond acceptors (Lipinski definition) is 4. The number of rotatable bonds is 10. The van der Waals surface area contributed by atoms with E-state index in [9.17, 15) is 13.2 Å². The molecule has 0 aliphatic heterocycles. The summed E-state index contributed by atoms with van der Waals surface area (Å²) in [5, 5.41) is 2.85. The lowest BCUT2D eigenvalue weighted by atomic mass is 10.1. The van der Waals surface area contributed by atoms with Crippen molar-refractivity contribution >= 4 is 21.6 Å². The number of carbonyl (C=O) groups excluding carboxylic acids is 1. The van der Waals surface area contributed by atoms with Crippen molar-refractivity contribution in [1.82, 2.24) is 5.32 Å². The van der Waals surface area contributed by atoms with Crippen molar-refractivity contribution in [2.24, 2.45) is 0 Å². The van der Waals surface area contributed by atoms with Gasteiger partial charge in [-0.15, -0.1) is 0 Å². The van der Waals surface area contributed by atoms with E-state index in [-0.39, 0.29) is 5.91 Å². The molecule has 0 saturated carbocycles. The minimum absolute atomic E-state index is 0.317. The monoisotopic (exact) mass is 418 g/mol. The Morgan fingerprint density at radius 1 is 1.10 bits per heavy atom. The zero-order valence-electron chi connectivity index (χ0n) is 17.5. The second kappa shape index (κ2) is 10.3. The average Bonchev–Trinajstić information content (AvgIpc) is 2.67. The molecule has 158 valence electrons. The Balaban J connectivity index is 1.91. The summed E-state index contributed by atoms with van der Waals surface area (Å²) < 4.78 is 31.2. The van der Waals surface area contributed by atoms with Crippen LogP contribution in [0.15, 0.2) is 48.5 Å². The Bertz CT molecular complexity index is 893. The van der Waals surface area contributed by atoms with E-state index in [1.165, 1.54) is 0 Å². The molecule has 0 spiro atoms. The summed E-state index contributed by atoms with van der Waals surface area (Å²) in [5.41, 5.74) is 2.66. The zero-order chi connectivity index (χ0) is 21.4. The highest BCUT2D eigenvalue weighted by molar-refractivity contribution is 7.92. The highest BCUT2D eigenvalue weighted by Gasteiger charge is 2.28. The fourth-order valence-electron chi connectivity index (χ4n) is 3.07. The minimum atomic E-state index is -3.60. The lowest BCUT2D eigenvalue weighted by Crippen LogP contribution is -2.48. The van der Waals surface area contributed by atoms with Gasteiger partial charge in [0.15, 0.2) is 0 Å². The van der Waals surface area contributed by atoms with Crippen LogP contribution in [-0.4, -0.2) is 39.8 Å². The molecular formula is C22H30N2O4S. The molecule has 0 heterocycles. The maximum atomic E-state index is 12.6. The molecule has 0 bridgehead atoms. The van der Waals surface area contributed by atoms with Gasteiger partial charge in [-0.25, -0.2) is 8.42 Å². The molecule has 2 rings (SSSR count). The molecular weight excluding hydrogens is 388 g/mol. The number of aryl methyl sites for hydroxylation is 2. The Kier molecular flexibility index (Phi) is 8.08. The molecule has 0 saturated heterocycles. The van der Waals surface area contributed by atoms with Crippen molar-refractivity contribution in [3.8, 4) is 5.75 Å². The Morgan fingerprint density at radius 2 is 1.72 bits per heavy atom. The first kappa shape index (κ1) is 22.7. The number of ether oxygens (including phenoxy) is 1. The van der Waals surface area contributed by atoms with Gasteiger partial charge in [-0.1, -0.05) is 29.8 Å². The summed E-state index contributed by atoms with van der Waals surface area (Å²) in [5.74, 6) is 0.526. The Labute approximate surface area is 173 Å². The molecule has 1 unspecified atom stereocenters. The van der Waals surface area contributed by atoms with Gasteiger partial charge in [0.1, 0.15) is 11.8 Å². The van der Waals surface area contributed by atoms with Crippen molar-refractivity contribution in [1.29, 1.82) is 0 Å². The van der Waals surface area contributed by atoms with E-state index in [4.69, 9.17) is 4.74 Å². The lowest BCUT2D eigenvalue weighted by Gasteiger charge is -2.28. The molecule has 29 heavy (non-hydrogen) atoms. The van der Waals surface area contributed by atoms with Crippen LogP contribution < -0.4 is 14.4 Å². The molecule has 1 atom stereocenters. The van der Waals surface area contributed by atoms with Crippen molar-refractivity contribution in [2.75, 3.05) is 23.7 Å². The number of sulfonamides is 1. The summed E-state index contributed by atoms with van der Waals surface area (Å²) in [6.07, 6.45) is 2.69. The second-order valence-corrected chi connectivity index (χ2v) is 8.90. The van der Waals surface area contributed by atoms with E-state index in [1.54, 1.807) is 19.1 Å². The van der Waals surface area contributed by atoms with Crippen molar-refractivity contribution in [3.63, 3.8) is 0 Å². The smallest absolute Gasteiger partial charge is 0.243 e. The van der Waals surface area contributed by atoms with Gasteiger partial charge < -0.3 is 10.1 Å². The molecule has 0 radical (unpaired) electrons. The number of amides is 1. The largest absolute Gasteiger partial charge is 0.494 e. The van der Waals surface area contributed by atoms with E-state index in [2.05, 4.69) is 5.32 Å². The number of anilines is 1. The van der Waals surface area contributed by atoms with Crippen LogP contribution in [0.3, 0.4) is 0 Å². The number of nitrogens with one attached hydrogen (secondary N) is 1. The third-order valence-corrected chi connectivity index (χ3v) is 5.79. The predicted octanol–water partition coefficient (Wildman–Crippen LogP) is 3.30. The van der Waals surface area contributed by atoms with Crippen LogP contribution in [0, 0.1) is 6.92 Å². The van der Waals surface area contributed by atoms with Gasteiger partial charge in [-0.05, 0) is 63.4 Å². The molecule has 0 aliphatic carbocycles. The Hall–Kier alpha value is -2.54. The van der Waals surface area contributed by atoms with Gasteiger partial charge in [-0.2, -0.15) is 0 Å². The minimum Gasteiger partial charge on any atom is -0.494 e. The van der Waals surface area contributed by atoms with E-state index in [1.807, 2.05) is 50.2 Å². The quantitative estimate of drug-likeness (QED) is 0.601. The molecule has 0 aliphatic rings. The standard InChI is InChI=1S/C22H30N2O4S/c1-5-28-21-14-10-19(11-15-21)7-6-16-23-22(25)18(3)24(29(4,26)27)20-12-8-17(2)9-13-20/h8-15,18H,5-7,16H2,1-4H3,(H,23,25). The van der Waals surface area contributed by atoms with Gasteiger partial charge in [-0.3, -0.25) is 9.10 Å². The van der Waals surface area contributed by atoms with Crippen LogP contribution in [0.1, 0.15) is 31.4 Å². The van der Waals surface area contributed by atoms with Crippen LogP contribution in [0.2, 0.25) is 0 Å². The SMILES string of the molecule is CCOc1ccc(CCCNC(=O)C(C)N(c2ccc(C)cc2)S(C)(=O)=O)cc1. The maximum Gasteiger partial charge on any atom is 0.243 e. The summed E-state index contributed by atoms with van der Waals surface area (Å²) in [6, 6.07) is 14.1. The van der Waals surface area contributed by atoms with Gasteiger partial charge in [0.05, 0.1) is 18.6 Å². The highest BCUT2D eigenvalue weighted by atomic mass is 32.2. The number of hydrogen-bond donors (Lipinski definition) is 1. The van der Waals surface area contributed by atoms with E-state index < -0.39 is 16.1 Å². The van der Waals surface area contributed by atoms with Gasteiger partial charge in [0, 0.05) is 6.54 Å². The fourth-order valence-corrected chi connectivity index (χ4v) is 4.25. The third kappa shape index (κ3) is 6.78. The van der Waals surface area contributed by atoms with Crippen LogP contribution in [0.5, 0.6) is 5.75 Å². The van der Waals surface area contributed by atoms with Crippen LogP contribution >= 0.6 is 0 Å². The summed E-state index contributed by atoms with van der Waals surface area (Å²) >= 11 is 0. The van der Waals surface area contributed by atoms with Gasteiger partial charge >= 0.3 is 0 Å². The maximum absolute atomic E-state index is 12.6. The fraction of sp³-hybridized carbons (Fsp3) is 0.409. The topological polar surface area (TPSA) is 75.7 Å². The first-order valence-electron chi connectivity index (χ1n) is 9.78. The molecule has 0 aromatic heterocycles. The highest BCUT2D eigenvalue weighted by Crippen LogP contribution is 2.21. The van der Waals surface area contributed by atoms with E-state index in [0.29, 0.717) is 18.8 Å². The average molecular weight is 419 g/mol. The summed E-state index contributed by atoms with van der Waals surface area (Å²) in [4.78, 5) is 12.6. The zero-order valence-corrected chi connectivity index (χ0v) is 18.3. The van der Waals surface area contributed by atoms with Crippen LogP contribution in [0.25, 0.3) is 0 Å². The number of benzene rings is 2. The molecule has 1 amide bonds. The predicted molar refractivity (Wildman–Crippen MR) is 117 cm³/mol. The number of nitrogens with zero attached hydrogens (tertiary/aromatic N) is 1. The lowest BCUT2D eigenvalue weighted by molar-refractivity contribution is -0.121. The second-order valence-electron chi connectivity index (χ2n) is 7.04. The molecule has 7 heteroatoms.